The van der Waals surface area contributed by atoms with Crippen LogP contribution in [0.25, 0.3) is 10.1 Å². The number of nitrogens with zero attached hydrogens (tertiary/aromatic N) is 1. The van der Waals surface area contributed by atoms with Gasteiger partial charge in [0, 0.05) is 16.6 Å². The summed E-state index contributed by atoms with van der Waals surface area (Å²) in [6.45, 7) is 1.36. The van der Waals surface area contributed by atoms with Crippen LogP contribution in [0.2, 0.25) is 5.02 Å². The predicted octanol–water partition coefficient (Wildman–Crippen LogP) is 3.04. The molecule has 1 aromatic heterocycles. The number of carboxylic acids is 1. The molecule has 0 aliphatic carbocycles. The van der Waals surface area contributed by atoms with E-state index in [2.05, 4.69) is 0 Å². The molecule has 0 amide bonds. The van der Waals surface area contributed by atoms with Crippen molar-refractivity contribution in [2.24, 2.45) is 0 Å². The Kier molecular flexibility index (Phi) is 4.88. The second-order valence-corrected chi connectivity index (χ2v) is 8.00. The first-order valence-corrected chi connectivity index (χ1v) is 8.90. The minimum atomic E-state index is -3.91. The molecule has 0 atom stereocenters. The van der Waals surface area contributed by atoms with E-state index in [1.54, 1.807) is 31.2 Å². The Labute approximate surface area is 131 Å². The molecule has 8 heteroatoms. The summed E-state index contributed by atoms with van der Waals surface area (Å²) in [5.41, 5.74) is 0. The van der Waals surface area contributed by atoms with Gasteiger partial charge in [-0.15, -0.1) is 11.3 Å². The van der Waals surface area contributed by atoms with E-state index < -0.39 is 22.5 Å². The fourth-order valence-corrected chi connectivity index (χ4v) is 5.70. The third kappa shape index (κ3) is 3.21. The van der Waals surface area contributed by atoms with Crippen LogP contribution in [0.5, 0.6) is 0 Å². The first kappa shape index (κ1) is 16.2. The highest BCUT2D eigenvalue weighted by molar-refractivity contribution is 7.91. The van der Waals surface area contributed by atoms with Crippen LogP contribution in [0.4, 0.5) is 0 Å². The van der Waals surface area contributed by atoms with Crippen molar-refractivity contribution in [3.63, 3.8) is 0 Å². The number of thiophene rings is 1. The molecular weight excluding hydrogens is 334 g/mol. The molecule has 0 bridgehead atoms. The van der Waals surface area contributed by atoms with Gasteiger partial charge in [0.1, 0.15) is 6.54 Å². The van der Waals surface area contributed by atoms with Gasteiger partial charge in [0.25, 0.3) is 10.0 Å². The van der Waals surface area contributed by atoms with Crippen molar-refractivity contribution in [2.75, 3.05) is 13.1 Å². The van der Waals surface area contributed by atoms with E-state index in [0.717, 1.165) is 20.3 Å². The number of sulfonamides is 1. The number of halogens is 1. The van der Waals surface area contributed by atoms with Crippen molar-refractivity contribution >= 4 is 49.0 Å². The number of fused-ring (bicyclic) bond motifs is 1. The van der Waals surface area contributed by atoms with Crippen LogP contribution in [-0.4, -0.2) is 36.9 Å². The van der Waals surface area contributed by atoms with Crippen molar-refractivity contribution < 1.29 is 18.3 Å². The molecule has 0 radical (unpaired) electrons. The molecule has 0 fully saturated rings. The third-order valence-electron chi connectivity index (χ3n) is 2.86. The summed E-state index contributed by atoms with van der Waals surface area (Å²) in [5, 5.41) is 9.71. The molecule has 114 valence electrons. The Bertz CT molecular complexity index is 770. The first-order valence-electron chi connectivity index (χ1n) is 6.27. The Morgan fingerprint density at radius 1 is 1.38 bits per heavy atom. The van der Waals surface area contributed by atoms with Crippen LogP contribution in [0.15, 0.2) is 28.5 Å². The summed E-state index contributed by atoms with van der Waals surface area (Å²) in [5.74, 6) is -1.19. The van der Waals surface area contributed by atoms with Gasteiger partial charge < -0.3 is 5.11 Å². The Balaban J connectivity index is 2.53. The van der Waals surface area contributed by atoms with Gasteiger partial charge in [-0.3, -0.25) is 4.79 Å². The van der Waals surface area contributed by atoms with Crippen LogP contribution < -0.4 is 0 Å². The number of carbonyl (C=O) groups is 1. The highest BCUT2D eigenvalue weighted by Crippen LogP contribution is 2.39. The highest BCUT2D eigenvalue weighted by atomic mass is 35.5. The maximum Gasteiger partial charge on any atom is 0.318 e. The molecule has 2 rings (SSSR count). The van der Waals surface area contributed by atoms with Crippen LogP contribution >= 0.6 is 22.9 Å². The average molecular weight is 348 g/mol. The van der Waals surface area contributed by atoms with Gasteiger partial charge in [0.15, 0.2) is 4.21 Å². The third-order valence-corrected chi connectivity index (χ3v) is 6.99. The maximum atomic E-state index is 12.6. The van der Waals surface area contributed by atoms with Gasteiger partial charge in [-0.1, -0.05) is 36.7 Å². The van der Waals surface area contributed by atoms with Crippen molar-refractivity contribution in [1.82, 2.24) is 4.31 Å². The van der Waals surface area contributed by atoms with E-state index in [1.807, 2.05) is 0 Å². The number of hydrogen-bond donors (Lipinski definition) is 1. The lowest BCUT2D eigenvalue weighted by molar-refractivity contribution is -0.137. The summed E-state index contributed by atoms with van der Waals surface area (Å²) >= 11 is 7.24. The lowest BCUT2D eigenvalue weighted by Gasteiger charge is -2.18. The quantitative estimate of drug-likeness (QED) is 0.871. The van der Waals surface area contributed by atoms with Gasteiger partial charge in [-0.05, 0) is 12.5 Å². The van der Waals surface area contributed by atoms with E-state index in [9.17, 15) is 13.2 Å². The normalized spacial score (nSPS) is 12.1. The molecule has 0 saturated carbocycles. The van der Waals surface area contributed by atoms with Crippen molar-refractivity contribution in [2.45, 2.75) is 17.6 Å². The van der Waals surface area contributed by atoms with Gasteiger partial charge >= 0.3 is 5.97 Å². The van der Waals surface area contributed by atoms with E-state index in [-0.39, 0.29) is 15.8 Å². The SMILES string of the molecule is CCCN(CC(=O)O)S(=O)(=O)c1sc2ccccc2c1Cl. The van der Waals surface area contributed by atoms with Crippen LogP contribution in [0.3, 0.4) is 0 Å². The molecule has 0 spiro atoms. The van der Waals surface area contributed by atoms with Crippen molar-refractivity contribution in [3.8, 4) is 0 Å². The summed E-state index contributed by atoms with van der Waals surface area (Å²) in [6.07, 6.45) is 0.523. The minimum absolute atomic E-state index is 0.0000617. The fourth-order valence-electron chi connectivity index (χ4n) is 1.96. The zero-order valence-electron chi connectivity index (χ0n) is 11.2. The van der Waals surface area contributed by atoms with Crippen LogP contribution in [0, 0.1) is 0 Å². The highest BCUT2D eigenvalue weighted by Gasteiger charge is 2.30. The van der Waals surface area contributed by atoms with Crippen molar-refractivity contribution in [1.29, 1.82) is 0 Å². The molecule has 21 heavy (non-hydrogen) atoms. The molecule has 1 N–H and O–H groups in total. The predicted molar refractivity (Wildman–Crippen MR) is 83.5 cm³/mol. The Morgan fingerprint density at radius 2 is 2.05 bits per heavy atom. The number of rotatable bonds is 6. The minimum Gasteiger partial charge on any atom is -0.480 e. The van der Waals surface area contributed by atoms with E-state index in [0.29, 0.717) is 11.8 Å². The lowest BCUT2D eigenvalue weighted by atomic mass is 10.3. The number of carboxylic acid groups (broad SMARTS) is 1. The molecule has 2 aromatic rings. The van der Waals surface area contributed by atoms with E-state index in [1.165, 1.54) is 0 Å². The van der Waals surface area contributed by atoms with E-state index >= 15 is 0 Å². The lowest BCUT2D eigenvalue weighted by Crippen LogP contribution is -2.36. The van der Waals surface area contributed by atoms with Crippen LogP contribution in [0.1, 0.15) is 13.3 Å². The number of aliphatic carboxylic acids is 1. The van der Waals surface area contributed by atoms with Gasteiger partial charge in [-0.2, -0.15) is 4.31 Å². The molecule has 0 saturated heterocycles. The maximum absolute atomic E-state index is 12.6. The summed E-state index contributed by atoms with van der Waals surface area (Å²) in [4.78, 5) is 10.9. The zero-order valence-corrected chi connectivity index (χ0v) is 13.6. The Morgan fingerprint density at radius 3 is 2.62 bits per heavy atom. The summed E-state index contributed by atoms with van der Waals surface area (Å²) < 4.78 is 27.0. The zero-order chi connectivity index (χ0) is 15.6. The van der Waals surface area contributed by atoms with Gasteiger partial charge in [0.2, 0.25) is 0 Å². The number of benzene rings is 1. The standard InChI is InChI=1S/C13H14ClNO4S2/c1-2-7-15(8-11(16)17)21(18,19)13-12(14)9-5-3-4-6-10(9)20-13/h3-6H,2,7-8H2,1H3,(H,16,17). The first-order chi connectivity index (χ1) is 9.87. The monoisotopic (exact) mass is 347 g/mol. The summed E-state index contributed by atoms with van der Waals surface area (Å²) in [7, 11) is -3.91. The van der Waals surface area contributed by atoms with Gasteiger partial charge in [0.05, 0.1) is 5.02 Å². The topological polar surface area (TPSA) is 74.7 Å². The smallest absolute Gasteiger partial charge is 0.318 e. The van der Waals surface area contributed by atoms with E-state index in [4.69, 9.17) is 16.7 Å². The molecule has 0 unspecified atom stereocenters. The molecule has 1 heterocycles. The number of hydrogen-bond acceptors (Lipinski definition) is 4. The van der Waals surface area contributed by atoms with Crippen LogP contribution in [-0.2, 0) is 14.8 Å². The molecule has 5 nitrogen and oxygen atoms in total. The molecule has 1 aromatic carbocycles. The average Bonchev–Trinajstić information content (AvgIpc) is 2.76. The molecule has 0 aliphatic rings. The second kappa shape index (κ2) is 6.31. The van der Waals surface area contributed by atoms with Gasteiger partial charge in [-0.25, -0.2) is 8.42 Å². The molecule has 0 aliphatic heterocycles. The summed E-state index contributed by atoms with van der Waals surface area (Å²) in [6, 6.07) is 7.10. The fraction of sp³-hybridized carbons (Fsp3) is 0.308. The van der Waals surface area contributed by atoms with Crippen molar-refractivity contribution in [3.05, 3.63) is 29.3 Å². The largest absolute Gasteiger partial charge is 0.480 e. The molecular formula is C13H14ClNO4S2. The second-order valence-electron chi connectivity index (χ2n) is 4.43. The Hall–Kier alpha value is -1.15.